The van der Waals surface area contributed by atoms with Crippen LogP contribution in [-0.4, -0.2) is 22.5 Å². The number of benzene rings is 1. The summed E-state index contributed by atoms with van der Waals surface area (Å²) in [6.45, 7) is 3.96. The Morgan fingerprint density at radius 3 is 2.92 bits per heavy atom. The Morgan fingerprint density at radius 1 is 1.24 bits per heavy atom. The van der Waals surface area contributed by atoms with Crippen molar-refractivity contribution in [2.24, 2.45) is 0 Å². The highest BCUT2D eigenvalue weighted by Gasteiger charge is 2.24. The first-order valence-corrected chi connectivity index (χ1v) is 9.22. The van der Waals surface area contributed by atoms with E-state index in [1.54, 1.807) is 36.5 Å². The van der Waals surface area contributed by atoms with Crippen LogP contribution >= 0.6 is 11.3 Å². The molecule has 128 valence electrons. The number of carbonyl (C=O) groups excluding carboxylic acids is 1. The van der Waals surface area contributed by atoms with Crippen LogP contribution in [0.25, 0.3) is 10.2 Å². The predicted octanol–water partition coefficient (Wildman–Crippen LogP) is 4.46. The average molecular weight is 354 g/mol. The van der Waals surface area contributed by atoms with Crippen molar-refractivity contribution in [2.45, 2.75) is 33.1 Å². The standard InChI is InChI=1S/C19H18N2O3S/c1-3-23-19(22)12-7-4-5-9-14(12)24-17-16-13-8-6-10-15(13)25-18(16)21-11(2)20-17/h4-5,7,9H,3,6,8,10H2,1-2H3. The highest BCUT2D eigenvalue weighted by Crippen LogP contribution is 2.41. The zero-order chi connectivity index (χ0) is 17.4. The highest BCUT2D eigenvalue weighted by atomic mass is 32.1. The maximum atomic E-state index is 12.2. The fraction of sp³-hybridized carbons (Fsp3) is 0.316. The van der Waals surface area contributed by atoms with E-state index in [4.69, 9.17) is 9.47 Å². The second kappa shape index (κ2) is 6.44. The summed E-state index contributed by atoms with van der Waals surface area (Å²) in [6.07, 6.45) is 3.27. The van der Waals surface area contributed by atoms with E-state index in [1.165, 1.54) is 10.4 Å². The average Bonchev–Trinajstić information content (AvgIpc) is 3.15. The van der Waals surface area contributed by atoms with E-state index in [0.29, 0.717) is 29.6 Å². The maximum absolute atomic E-state index is 12.2. The van der Waals surface area contributed by atoms with Crippen LogP contribution in [0.3, 0.4) is 0 Å². The first kappa shape index (κ1) is 16.0. The van der Waals surface area contributed by atoms with Crippen molar-refractivity contribution in [3.8, 4) is 11.6 Å². The van der Waals surface area contributed by atoms with Crippen LogP contribution in [0, 0.1) is 6.92 Å². The molecule has 1 aliphatic rings. The summed E-state index contributed by atoms with van der Waals surface area (Å²) in [7, 11) is 0. The second-order valence-electron chi connectivity index (χ2n) is 5.93. The molecule has 0 spiro atoms. The third-order valence-electron chi connectivity index (χ3n) is 4.23. The molecule has 1 aliphatic carbocycles. The molecule has 5 nitrogen and oxygen atoms in total. The summed E-state index contributed by atoms with van der Waals surface area (Å²) in [6, 6.07) is 7.10. The van der Waals surface area contributed by atoms with E-state index in [0.717, 1.165) is 29.5 Å². The topological polar surface area (TPSA) is 61.3 Å². The monoisotopic (exact) mass is 354 g/mol. The van der Waals surface area contributed by atoms with Crippen molar-refractivity contribution < 1.29 is 14.3 Å². The Hall–Kier alpha value is -2.47. The van der Waals surface area contributed by atoms with Gasteiger partial charge in [0.1, 0.15) is 22.0 Å². The molecule has 0 fully saturated rings. The molecule has 2 aromatic heterocycles. The minimum Gasteiger partial charge on any atom is -0.462 e. The van der Waals surface area contributed by atoms with Crippen LogP contribution in [0.15, 0.2) is 24.3 Å². The van der Waals surface area contributed by atoms with Crippen LogP contribution in [0.1, 0.15) is 40.0 Å². The van der Waals surface area contributed by atoms with Gasteiger partial charge < -0.3 is 9.47 Å². The molecule has 0 N–H and O–H groups in total. The summed E-state index contributed by atoms with van der Waals surface area (Å²) < 4.78 is 11.2. The number of hydrogen-bond acceptors (Lipinski definition) is 6. The van der Waals surface area contributed by atoms with E-state index in [1.807, 2.05) is 13.0 Å². The molecule has 25 heavy (non-hydrogen) atoms. The smallest absolute Gasteiger partial charge is 0.341 e. The SMILES string of the molecule is CCOC(=O)c1ccccc1Oc1nc(C)nc2sc3c(c12)CCC3. The van der Waals surface area contributed by atoms with Crippen LogP contribution < -0.4 is 4.74 Å². The van der Waals surface area contributed by atoms with E-state index < -0.39 is 5.97 Å². The summed E-state index contributed by atoms with van der Waals surface area (Å²) in [5, 5.41) is 0.988. The number of rotatable bonds is 4. The number of fused-ring (bicyclic) bond motifs is 3. The molecule has 2 heterocycles. The summed E-state index contributed by atoms with van der Waals surface area (Å²) in [5.74, 6) is 1.25. The van der Waals surface area contributed by atoms with Crippen LogP contribution in [0.5, 0.6) is 11.6 Å². The van der Waals surface area contributed by atoms with Gasteiger partial charge in [-0.3, -0.25) is 0 Å². The minimum atomic E-state index is -0.393. The first-order chi connectivity index (χ1) is 12.2. The van der Waals surface area contributed by atoms with Crippen LogP contribution in [0.2, 0.25) is 0 Å². The zero-order valence-electron chi connectivity index (χ0n) is 14.2. The quantitative estimate of drug-likeness (QED) is 0.648. The van der Waals surface area contributed by atoms with E-state index in [9.17, 15) is 4.79 Å². The highest BCUT2D eigenvalue weighted by molar-refractivity contribution is 7.19. The second-order valence-corrected chi connectivity index (χ2v) is 7.02. The number of aromatic nitrogens is 2. The first-order valence-electron chi connectivity index (χ1n) is 8.40. The molecule has 3 aromatic rings. The Bertz CT molecular complexity index is 965. The molecule has 0 radical (unpaired) electrons. The molecule has 0 atom stereocenters. The van der Waals surface area contributed by atoms with Gasteiger partial charge in [0.05, 0.1) is 12.0 Å². The van der Waals surface area contributed by atoms with Crippen molar-refractivity contribution in [1.29, 1.82) is 0 Å². The van der Waals surface area contributed by atoms with Gasteiger partial charge in [-0.25, -0.2) is 9.78 Å². The van der Waals surface area contributed by atoms with E-state index in [-0.39, 0.29) is 0 Å². The summed E-state index contributed by atoms with van der Waals surface area (Å²) >= 11 is 1.72. The van der Waals surface area contributed by atoms with Gasteiger partial charge in [-0.1, -0.05) is 12.1 Å². The summed E-state index contributed by atoms with van der Waals surface area (Å²) in [4.78, 5) is 23.6. The molecule has 0 amide bonds. The zero-order valence-corrected chi connectivity index (χ0v) is 15.0. The third kappa shape index (κ3) is 2.87. The molecular weight excluding hydrogens is 336 g/mol. The molecule has 0 aliphatic heterocycles. The number of hydrogen-bond donors (Lipinski definition) is 0. The normalized spacial score (nSPS) is 13.0. The molecular formula is C19H18N2O3S. The van der Waals surface area contributed by atoms with E-state index in [2.05, 4.69) is 9.97 Å². The van der Waals surface area contributed by atoms with Crippen molar-refractivity contribution in [3.63, 3.8) is 0 Å². The summed E-state index contributed by atoms with van der Waals surface area (Å²) in [5.41, 5.74) is 1.70. The maximum Gasteiger partial charge on any atom is 0.341 e. The molecule has 0 unspecified atom stereocenters. The lowest BCUT2D eigenvalue weighted by molar-refractivity contribution is 0.0523. The predicted molar refractivity (Wildman–Crippen MR) is 96.6 cm³/mol. The van der Waals surface area contributed by atoms with E-state index >= 15 is 0 Å². The Labute approximate surface area is 149 Å². The van der Waals surface area contributed by atoms with Gasteiger partial charge in [-0.15, -0.1) is 11.3 Å². The number of thiophene rings is 1. The van der Waals surface area contributed by atoms with Crippen molar-refractivity contribution in [1.82, 2.24) is 9.97 Å². The number of ether oxygens (including phenoxy) is 2. The van der Waals surface area contributed by atoms with Gasteiger partial charge >= 0.3 is 5.97 Å². The van der Waals surface area contributed by atoms with Crippen LogP contribution in [0.4, 0.5) is 0 Å². The van der Waals surface area contributed by atoms with Gasteiger partial charge in [0.15, 0.2) is 0 Å². The number of nitrogens with zero attached hydrogens (tertiary/aromatic N) is 2. The lowest BCUT2D eigenvalue weighted by Gasteiger charge is -2.11. The Morgan fingerprint density at radius 2 is 2.08 bits per heavy atom. The molecule has 6 heteroatoms. The molecule has 1 aromatic carbocycles. The fourth-order valence-corrected chi connectivity index (χ4v) is 4.47. The van der Waals surface area contributed by atoms with Gasteiger partial charge in [0.25, 0.3) is 0 Å². The molecule has 0 bridgehead atoms. The Balaban J connectivity index is 1.81. The number of carbonyl (C=O) groups is 1. The van der Waals surface area contributed by atoms with Crippen molar-refractivity contribution in [2.75, 3.05) is 6.61 Å². The molecule has 4 rings (SSSR count). The van der Waals surface area contributed by atoms with Gasteiger partial charge in [-0.05, 0) is 50.8 Å². The number of para-hydroxylation sites is 1. The molecule has 0 saturated carbocycles. The van der Waals surface area contributed by atoms with Crippen molar-refractivity contribution in [3.05, 3.63) is 46.1 Å². The molecule has 0 saturated heterocycles. The van der Waals surface area contributed by atoms with Crippen LogP contribution in [-0.2, 0) is 17.6 Å². The lowest BCUT2D eigenvalue weighted by atomic mass is 10.2. The Kier molecular flexibility index (Phi) is 4.13. The minimum absolute atomic E-state index is 0.321. The lowest BCUT2D eigenvalue weighted by Crippen LogP contribution is -2.07. The van der Waals surface area contributed by atoms with Gasteiger partial charge in [0.2, 0.25) is 5.88 Å². The van der Waals surface area contributed by atoms with Crippen molar-refractivity contribution >= 4 is 27.5 Å². The van der Waals surface area contributed by atoms with Gasteiger partial charge in [-0.2, -0.15) is 4.98 Å². The third-order valence-corrected chi connectivity index (χ3v) is 5.42. The largest absolute Gasteiger partial charge is 0.462 e. The fourth-order valence-electron chi connectivity index (χ4n) is 3.18. The number of aryl methyl sites for hydroxylation is 3. The van der Waals surface area contributed by atoms with Gasteiger partial charge in [0, 0.05) is 4.88 Å². The number of esters is 1.